The lowest BCUT2D eigenvalue weighted by Gasteiger charge is -2.40. The minimum atomic E-state index is -0.939. The lowest BCUT2D eigenvalue weighted by molar-refractivity contribution is -0.243. The molecule has 4 aliphatic rings. The van der Waals surface area contributed by atoms with Gasteiger partial charge in [0, 0.05) is 40.5 Å². The van der Waals surface area contributed by atoms with E-state index in [1.54, 1.807) is 19.1 Å². The molecular weight excluding hydrogens is 494 g/mol. The van der Waals surface area contributed by atoms with E-state index in [1.165, 1.54) is 20.1 Å². The summed E-state index contributed by atoms with van der Waals surface area (Å²) in [6.07, 6.45) is -2.54. The highest BCUT2D eigenvalue weighted by Gasteiger charge is 2.65. The van der Waals surface area contributed by atoms with E-state index in [2.05, 4.69) is 0 Å². The Kier molecular flexibility index (Phi) is 5.49. The maximum absolute atomic E-state index is 13.7. The van der Waals surface area contributed by atoms with Crippen molar-refractivity contribution in [2.24, 2.45) is 11.1 Å². The van der Waals surface area contributed by atoms with Crippen LogP contribution in [-0.2, 0) is 14.3 Å². The SMILES string of the molecule is COc1cccc2c1C(=O)c1c(O)c3c(c(O)c1C2=O)[C@H]1C[C@@]1(C(C)=O)C[C@H]3O[C@H]1C[C@@H](N)[C@H](O)[C@H](C)O1. The third kappa shape index (κ3) is 3.24. The summed E-state index contributed by atoms with van der Waals surface area (Å²) in [6, 6.07) is 3.97. The normalized spacial score (nSPS) is 33.1. The molecule has 1 saturated carbocycles. The molecule has 2 fully saturated rings. The van der Waals surface area contributed by atoms with Gasteiger partial charge in [-0.3, -0.25) is 14.4 Å². The molecule has 3 aliphatic carbocycles. The molecule has 1 aliphatic heterocycles. The van der Waals surface area contributed by atoms with Crippen LogP contribution in [0.25, 0.3) is 0 Å². The van der Waals surface area contributed by atoms with Gasteiger partial charge in [0.05, 0.1) is 42.1 Å². The van der Waals surface area contributed by atoms with Crippen molar-refractivity contribution < 1.29 is 43.9 Å². The smallest absolute Gasteiger partial charge is 0.202 e. The van der Waals surface area contributed by atoms with Gasteiger partial charge in [0.15, 0.2) is 12.1 Å². The first-order valence-corrected chi connectivity index (χ1v) is 12.7. The number of phenols is 2. The third-order valence-corrected chi connectivity index (χ3v) is 8.76. The number of Topliss-reactive ketones (excluding diaryl/α,β-unsaturated/α-hetero) is 1. The number of rotatable bonds is 4. The monoisotopic (exact) mass is 523 g/mol. The molecule has 6 rings (SSSR count). The fourth-order valence-electron chi connectivity index (χ4n) is 6.61. The molecule has 1 heterocycles. The standard InChI is InChI=1S/C28H29NO9/c1-10-23(31)14(29)7-17(37-10)38-16-9-28(11(2)30)8-13(28)19-20(16)27(35)22-21(26(19)34)24(32)12-5-4-6-15(36-3)18(12)25(22)33/h4-6,10,13-14,16-17,23,31,34-35H,7-9,29H2,1-3H3/t10-,13+,14+,16+,17-,23+,28-/m0/s1. The number of hydrogen-bond acceptors (Lipinski definition) is 10. The molecule has 0 aromatic heterocycles. The first-order valence-electron chi connectivity index (χ1n) is 12.7. The highest BCUT2D eigenvalue weighted by molar-refractivity contribution is 6.31. The molecule has 0 unspecified atom stereocenters. The Balaban J connectivity index is 1.52. The van der Waals surface area contributed by atoms with Crippen LogP contribution in [0.3, 0.4) is 0 Å². The number of methoxy groups -OCH3 is 1. The minimum Gasteiger partial charge on any atom is -0.507 e. The Hall–Kier alpha value is -3.31. The maximum Gasteiger partial charge on any atom is 0.202 e. The fourth-order valence-corrected chi connectivity index (χ4v) is 6.61. The molecule has 2 aromatic rings. The van der Waals surface area contributed by atoms with E-state index in [-0.39, 0.29) is 57.8 Å². The van der Waals surface area contributed by atoms with Gasteiger partial charge in [-0.15, -0.1) is 0 Å². The summed E-state index contributed by atoms with van der Waals surface area (Å²) in [5.74, 6) is -2.53. The lowest BCUT2D eigenvalue weighted by Crippen LogP contribution is -2.52. The van der Waals surface area contributed by atoms with Gasteiger partial charge in [0.1, 0.15) is 23.0 Å². The topological polar surface area (TPSA) is 166 Å². The number of nitrogens with two attached hydrogens (primary N) is 1. The van der Waals surface area contributed by atoms with Gasteiger partial charge in [-0.25, -0.2) is 0 Å². The highest BCUT2D eigenvalue weighted by Crippen LogP contribution is 2.71. The molecule has 1 saturated heterocycles. The number of fused-ring (bicyclic) bond motifs is 5. The predicted molar refractivity (Wildman–Crippen MR) is 131 cm³/mol. The first kappa shape index (κ1) is 25.0. The van der Waals surface area contributed by atoms with Crippen LogP contribution in [0.4, 0.5) is 0 Å². The summed E-state index contributed by atoms with van der Waals surface area (Å²) < 4.78 is 17.4. The average molecular weight is 524 g/mol. The van der Waals surface area contributed by atoms with Crippen molar-refractivity contribution in [1.82, 2.24) is 0 Å². The number of hydrogen-bond donors (Lipinski definition) is 4. The molecule has 10 nitrogen and oxygen atoms in total. The predicted octanol–water partition coefficient (Wildman–Crippen LogP) is 2.23. The van der Waals surface area contributed by atoms with Crippen LogP contribution in [0, 0.1) is 5.41 Å². The Morgan fingerprint density at radius 2 is 1.76 bits per heavy atom. The number of aliphatic hydroxyl groups excluding tert-OH is 1. The Morgan fingerprint density at radius 1 is 1.08 bits per heavy atom. The average Bonchev–Trinajstić information content (AvgIpc) is 3.62. The van der Waals surface area contributed by atoms with Crippen molar-refractivity contribution in [2.75, 3.05) is 7.11 Å². The maximum atomic E-state index is 13.7. The third-order valence-electron chi connectivity index (χ3n) is 8.76. The second-order valence-electron chi connectivity index (χ2n) is 10.8. The summed E-state index contributed by atoms with van der Waals surface area (Å²) in [5, 5.41) is 33.3. The zero-order valence-corrected chi connectivity index (χ0v) is 21.2. The van der Waals surface area contributed by atoms with Gasteiger partial charge in [0.2, 0.25) is 5.78 Å². The minimum absolute atomic E-state index is 0.00401. The van der Waals surface area contributed by atoms with E-state index in [1.807, 2.05) is 0 Å². The second-order valence-corrected chi connectivity index (χ2v) is 10.8. The van der Waals surface area contributed by atoms with Crippen molar-refractivity contribution in [3.8, 4) is 17.2 Å². The zero-order valence-electron chi connectivity index (χ0n) is 21.2. The van der Waals surface area contributed by atoms with Crippen LogP contribution in [0.15, 0.2) is 18.2 Å². The van der Waals surface area contributed by atoms with Crippen LogP contribution in [0.5, 0.6) is 17.2 Å². The van der Waals surface area contributed by atoms with Crippen molar-refractivity contribution >= 4 is 17.3 Å². The first-order chi connectivity index (χ1) is 18.0. The van der Waals surface area contributed by atoms with Gasteiger partial charge in [-0.05, 0) is 32.8 Å². The summed E-state index contributed by atoms with van der Waals surface area (Å²) in [6.45, 7) is 3.14. The highest BCUT2D eigenvalue weighted by atomic mass is 16.7. The van der Waals surface area contributed by atoms with Gasteiger partial charge < -0.3 is 35.3 Å². The molecule has 200 valence electrons. The quantitative estimate of drug-likeness (QED) is 0.373. The van der Waals surface area contributed by atoms with E-state index in [0.717, 1.165) is 0 Å². The van der Waals surface area contributed by atoms with Crippen molar-refractivity contribution in [3.63, 3.8) is 0 Å². The zero-order chi connectivity index (χ0) is 27.3. The molecule has 10 heteroatoms. The number of aromatic hydroxyl groups is 2. The molecule has 0 spiro atoms. The number of carbonyl (C=O) groups is 3. The van der Waals surface area contributed by atoms with E-state index < -0.39 is 65.0 Å². The molecular formula is C28H29NO9. The largest absolute Gasteiger partial charge is 0.507 e. The van der Waals surface area contributed by atoms with E-state index in [4.69, 9.17) is 19.9 Å². The number of ketones is 3. The molecule has 0 radical (unpaired) electrons. The van der Waals surface area contributed by atoms with Crippen LogP contribution in [-0.4, -0.2) is 64.3 Å². The lowest BCUT2D eigenvalue weighted by atomic mass is 9.73. The number of benzene rings is 2. The van der Waals surface area contributed by atoms with Crippen LogP contribution in [0.1, 0.15) is 88.1 Å². The summed E-state index contributed by atoms with van der Waals surface area (Å²) in [7, 11) is 1.37. The molecule has 0 bridgehead atoms. The van der Waals surface area contributed by atoms with Crippen molar-refractivity contribution in [2.45, 2.75) is 69.7 Å². The summed E-state index contributed by atoms with van der Waals surface area (Å²) in [4.78, 5) is 40.1. The number of ether oxygens (including phenoxy) is 3. The molecule has 2 aromatic carbocycles. The van der Waals surface area contributed by atoms with E-state index in [0.29, 0.717) is 6.42 Å². The van der Waals surface area contributed by atoms with Gasteiger partial charge in [0.25, 0.3) is 0 Å². The van der Waals surface area contributed by atoms with Crippen molar-refractivity contribution in [1.29, 1.82) is 0 Å². The summed E-state index contributed by atoms with van der Waals surface area (Å²) >= 11 is 0. The van der Waals surface area contributed by atoms with Crippen LogP contribution < -0.4 is 10.5 Å². The Bertz CT molecular complexity index is 1410. The second kappa shape index (κ2) is 8.34. The van der Waals surface area contributed by atoms with Crippen molar-refractivity contribution in [3.05, 3.63) is 51.6 Å². The van der Waals surface area contributed by atoms with E-state index >= 15 is 0 Å². The molecule has 7 atom stereocenters. The summed E-state index contributed by atoms with van der Waals surface area (Å²) in [5.41, 5.74) is 5.10. The molecule has 5 N–H and O–H groups in total. The molecule has 0 amide bonds. The Labute approximate surface area is 218 Å². The van der Waals surface area contributed by atoms with Gasteiger partial charge in [-0.2, -0.15) is 0 Å². The molecule has 38 heavy (non-hydrogen) atoms. The van der Waals surface area contributed by atoms with Gasteiger partial charge >= 0.3 is 0 Å². The van der Waals surface area contributed by atoms with Gasteiger partial charge in [-0.1, -0.05) is 12.1 Å². The number of phenolic OH excluding ortho intramolecular Hbond substituents is 2. The Morgan fingerprint density at radius 3 is 2.42 bits per heavy atom. The van der Waals surface area contributed by atoms with E-state index in [9.17, 15) is 29.7 Å². The number of aliphatic hydroxyl groups is 1. The van der Waals surface area contributed by atoms with Crippen LogP contribution in [0.2, 0.25) is 0 Å². The fraction of sp³-hybridized carbons (Fsp3) is 0.464. The number of carbonyl (C=O) groups excluding carboxylic acids is 3. The van der Waals surface area contributed by atoms with Crippen LogP contribution >= 0.6 is 0 Å².